The van der Waals surface area contributed by atoms with E-state index in [0.29, 0.717) is 11.5 Å². The molecule has 0 spiro atoms. The summed E-state index contributed by atoms with van der Waals surface area (Å²) >= 11 is 0. The average Bonchev–Trinajstić information content (AvgIpc) is 2.51. The van der Waals surface area contributed by atoms with Gasteiger partial charge in [-0.25, -0.2) is 4.98 Å². The van der Waals surface area contributed by atoms with Crippen LogP contribution in [0.25, 0.3) is 11.1 Å². The van der Waals surface area contributed by atoms with E-state index in [1.165, 1.54) is 0 Å². The smallest absolute Gasteiger partial charge is 0.153 e. The Balaban J connectivity index is 1.89. The highest BCUT2D eigenvalue weighted by Crippen LogP contribution is 2.26. The number of nitrogens with zero attached hydrogens (tertiary/aromatic N) is 1. The largest absolute Gasteiger partial charge is 0.396 e. The minimum atomic E-state index is 0.634. The molecule has 3 rings (SSSR count). The van der Waals surface area contributed by atoms with E-state index in [1.807, 2.05) is 72.9 Å². The fourth-order valence-electron chi connectivity index (χ4n) is 2.03. The van der Waals surface area contributed by atoms with Gasteiger partial charge in [-0.15, -0.1) is 0 Å². The summed E-state index contributed by atoms with van der Waals surface area (Å²) in [7, 11) is 0. The molecule has 0 aliphatic carbocycles. The van der Waals surface area contributed by atoms with Crippen LogP contribution in [0.2, 0.25) is 0 Å². The average molecular weight is 261 g/mol. The third-order valence-corrected chi connectivity index (χ3v) is 3.06. The van der Waals surface area contributed by atoms with Gasteiger partial charge in [0, 0.05) is 17.4 Å². The zero-order chi connectivity index (χ0) is 13.8. The van der Waals surface area contributed by atoms with E-state index in [1.54, 1.807) is 0 Å². The molecule has 1 aromatic heterocycles. The van der Waals surface area contributed by atoms with Gasteiger partial charge < -0.3 is 11.1 Å². The van der Waals surface area contributed by atoms with E-state index in [0.717, 1.165) is 16.8 Å². The molecule has 0 fully saturated rings. The lowest BCUT2D eigenvalue weighted by Gasteiger charge is -2.10. The summed E-state index contributed by atoms with van der Waals surface area (Å²) in [5, 5.41) is 3.21. The second kappa shape index (κ2) is 5.45. The molecule has 0 bridgehead atoms. The zero-order valence-electron chi connectivity index (χ0n) is 11.0. The van der Waals surface area contributed by atoms with Crippen molar-refractivity contribution < 1.29 is 0 Å². The van der Waals surface area contributed by atoms with Gasteiger partial charge in [-0.3, -0.25) is 0 Å². The number of nitrogens with two attached hydrogens (primary N) is 1. The summed E-state index contributed by atoms with van der Waals surface area (Å²) in [6.07, 6.45) is 1.83. The Morgan fingerprint density at radius 3 is 2.10 bits per heavy atom. The number of anilines is 3. The third kappa shape index (κ3) is 2.62. The Labute approximate surface area is 118 Å². The molecule has 2 aromatic carbocycles. The molecule has 0 aliphatic heterocycles. The lowest BCUT2D eigenvalue weighted by molar-refractivity contribution is 1.31. The van der Waals surface area contributed by atoms with Crippen molar-refractivity contribution in [3.63, 3.8) is 0 Å². The minimum absolute atomic E-state index is 0.634. The second-order valence-electron chi connectivity index (χ2n) is 4.52. The molecule has 0 saturated heterocycles. The topological polar surface area (TPSA) is 50.9 Å². The number of para-hydroxylation sites is 1. The highest BCUT2D eigenvalue weighted by atomic mass is 15.0. The molecule has 0 unspecified atom stereocenters. The van der Waals surface area contributed by atoms with Gasteiger partial charge in [0.15, 0.2) is 5.82 Å². The third-order valence-electron chi connectivity index (χ3n) is 3.06. The molecular formula is C17H15N3. The number of rotatable bonds is 3. The molecule has 0 radical (unpaired) electrons. The van der Waals surface area contributed by atoms with Crippen LogP contribution in [0.1, 0.15) is 0 Å². The van der Waals surface area contributed by atoms with Crippen molar-refractivity contribution in [2.75, 3.05) is 11.1 Å². The molecule has 3 nitrogen and oxygen atoms in total. The Bertz CT molecular complexity index is 694. The maximum atomic E-state index is 6.08. The van der Waals surface area contributed by atoms with Crippen molar-refractivity contribution in [1.29, 1.82) is 0 Å². The summed E-state index contributed by atoms with van der Waals surface area (Å²) < 4.78 is 0. The van der Waals surface area contributed by atoms with Gasteiger partial charge in [0.1, 0.15) is 0 Å². The van der Waals surface area contributed by atoms with E-state index in [2.05, 4.69) is 10.3 Å². The maximum absolute atomic E-state index is 6.08. The lowest BCUT2D eigenvalue weighted by atomic mass is 10.1. The number of nitrogens with one attached hydrogen (secondary N) is 1. The van der Waals surface area contributed by atoms with Crippen molar-refractivity contribution in [2.24, 2.45) is 0 Å². The number of benzene rings is 2. The first-order valence-electron chi connectivity index (χ1n) is 6.46. The Morgan fingerprint density at radius 1 is 0.800 bits per heavy atom. The van der Waals surface area contributed by atoms with E-state index in [-0.39, 0.29) is 0 Å². The SMILES string of the molecule is Nc1cc(-c2ccccc2)cnc1Nc1ccccc1. The molecule has 3 heteroatoms. The van der Waals surface area contributed by atoms with Crippen LogP contribution in [0.4, 0.5) is 17.2 Å². The van der Waals surface area contributed by atoms with Gasteiger partial charge in [-0.1, -0.05) is 48.5 Å². The fraction of sp³-hybridized carbons (Fsp3) is 0. The lowest BCUT2D eigenvalue weighted by Crippen LogP contribution is -1.99. The van der Waals surface area contributed by atoms with Crippen LogP contribution in [0, 0.1) is 0 Å². The predicted molar refractivity (Wildman–Crippen MR) is 83.8 cm³/mol. The number of nitrogen functional groups attached to an aromatic ring is 1. The van der Waals surface area contributed by atoms with Gasteiger partial charge in [0.05, 0.1) is 5.69 Å². The molecule has 0 aliphatic rings. The van der Waals surface area contributed by atoms with Gasteiger partial charge in [0.25, 0.3) is 0 Å². The van der Waals surface area contributed by atoms with Gasteiger partial charge >= 0.3 is 0 Å². The Morgan fingerprint density at radius 2 is 1.45 bits per heavy atom. The molecule has 1 heterocycles. The number of hydrogen-bond donors (Lipinski definition) is 2. The molecule has 3 N–H and O–H groups in total. The van der Waals surface area contributed by atoms with Crippen molar-refractivity contribution in [3.05, 3.63) is 72.9 Å². The molecule has 0 atom stereocenters. The van der Waals surface area contributed by atoms with Crippen LogP contribution >= 0.6 is 0 Å². The zero-order valence-corrected chi connectivity index (χ0v) is 11.0. The fourth-order valence-corrected chi connectivity index (χ4v) is 2.03. The highest BCUT2D eigenvalue weighted by Gasteiger charge is 2.04. The van der Waals surface area contributed by atoms with E-state index >= 15 is 0 Å². The molecular weight excluding hydrogens is 246 g/mol. The van der Waals surface area contributed by atoms with Gasteiger partial charge in [0.2, 0.25) is 0 Å². The van der Waals surface area contributed by atoms with E-state index < -0.39 is 0 Å². The van der Waals surface area contributed by atoms with E-state index in [4.69, 9.17) is 5.73 Å². The molecule has 0 saturated carbocycles. The molecule has 3 aromatic rings. The van der Waals surface area contributed by atoms with Crippen molar-refractivity contribution >= 4 is 17.2 Å². The molecule has 98 valence electrons. The van der Waals surface area contributed by atoms with Crippen LogP contribution in [0.3, 0.4) is 0 Å². The van der Waals surface area contributed by atoms with Gasteiger partial charge in [-0.2, -0.15) is 0 Å². The van der Waals surface area contributed by atoms with Gasteiger partial charge in [-0.05, 0) is 23.8 Å². The van der Waals surface area contributed by atoms with Crippen LogP contribution in [0.5, 0.6) is 0 Å². The highest BCUT2D eigenvalue weighted by molar-refractivity contribution is 5.75. The summed E-state index contributed by atoms with van der Waals surface area (Å²) in [4.78, 5) is 4.41. The number of aromatic nitrogens is 1. The van der Waals surface area contributed by atoms with Crippen molar-refractivity contribution in [3.8, 4) is 11.1 Å². The summed E-state index contributed by atoms with van der Waals surface area (Å²) in [6, 6.07) is 21.9. The van der Waals surface area contributed by atoms with Crippen LogP contribution < -0.4 is 11.1 Å². The second-order valence-corrected chi connectivity index (χ2v) is 4.52. The minimum Gasteiger partial charge on any atom is -0.396 e. The molecule has 20 heavy (non-hydrogen) atoms. The number of pyridine rings is 1. The normalized spacial score (nSPS) is 10.2. The molecule has 0 amide bonds. The first-order chi connectivity index (χ1) is 9.83. The van der Waals surface area contributed by atoms with Crippen LogP contribution in [-0.4, -0.2) is 4.98 Å². The Hall–Kier alpha value is -2.81. The first-order valence-corrected chi connectivity index (χ1v) is 6.46. The Kier molecular flexibility index (Phi) is 3.33. The first kappa shape index (κ1) is 12.2. The monoisotopic (exact) mass is 261 g/mol. The number of hydrogen-bond acceptors (Lipinski definition) is 3. The van der Waals surface area contributed by atoms with Crippen LogP contribution in [0.15, 0.2) is 72.9 Å². The quantitative estimate of drug-likeness (QED) is 0.747. The standard InChI is InChI=1S/C17H15N3/c18-16-11-14(13-7-3-1-4-8-13)12-19-17(16)20-15-9-5-2-6-10-15/h1-12H,18H2,(H,19,20). The summed E-state index contributed by atoms with van der Waals surface area (Å²) in [6.45, 7) is 0. The van der Waals surface area contributed by atoms with Crippen LogP contribution in [-0.2, 0) is 0 Å². The van der Waals surface area contributed by atoms with E-state index in [9.17, 15) is 0 Å². The maximum Gasteiger partial charge on any atom is 0.153 e. The van der Waals surface area contributed by atoms with Crippen molar-refractivity contribution in [2.45, 2.75) is 0 Å². The predicted octanol–water partition coefficient (Wildman–Crippen LogP) is 4.07. The summed E-state index contributed by atoms with van der Waals surface area (Å²) in [5.74, 6) is 0.677. The van der Waals surface area contributed by atoms with Crippen molar-refractivity contribution in [1.82, 2.24) is 4.98 Å². The summed E-state index contributed by atoms with van der Waals surface area (Å²) in [5.41, 5.74) is 9.81.